The minimum atomic E-state index is 0.637. The lowest BCUT2D eigenvalue weighted by Crippen LogP contribution is -2.04. The van der Waals surface area contributed by atoms with Crippen LogP contribution in [0.2, 0.25) is 0 Å². The van der Waals surface area contributed by atoms with E-state index < -0.39 is 0 Å². The van der Waals surface area contributed by atoms with Crippen LogP contribution >= 0.6 is 0 Å². The van der Waals surface area contributed by atoms with E-state index in [0.29, 0.717) is 5.95 Å². The molecule has 46 heavy (non-hydrogen) atoms. The summed E-state index contributed by atoms with van der Waals surface area (Å²) in [5, 5.41) is 9.88. The molecule has 5 heteroatoms. The van der Waals surface area contributed by atoms with E-state index in [1.54, 1.807) is 0 Å². The van der Waals surface area contributed by atoms with E-state index in [4.69, 9.17) is 15.0 Å². The first-order valence-electron chi connectivity index (χ1n) is 15.5. The van der Waals surface area contributed by atoms with Gasteiger partial charge in [0, 0.05) is 44.1 Å². The Hall–Kier alpha value is -6.33. The van der Waals surface area contributed by atoms with Crippen LogP contribution in [0.4, 0.5) is 0 Å². The van der Waals surface area contributed by atoms with Crippen molar-refractivity contribution in [1.29, 1.82) is 0 Å². The van der Waals surface area contributed by atoms with Crippen molar-refractivity contribution in [3.05, 3.63) is 140 Å². The van der Waals surface area contributed by atoms with E-state index in [1.807, 2.05) is 36.5 Å². The highest BCUT2D eigenvalue weighted by molar-refractivity contribution is 6.36. The summed E-state index contributed by atoms with van der Waals surface area (Å²) in [4.78, 5) is 15.2. The fourth-order valence-corrected chi connectivity index (χ4v) is 7.77. The molecule has 0 fully saturated rings. The molecule has 0 amide bonds. The minimum Gasteiger partial charge on any atom is -0.308 e. The summed E-state index contributed by atoms with van der Waals surface area (Å²) in [5.41, 5.74) is 9.32. The summed E-state index contributed by atoms with van der Waals surface area (Å²) in [7, 11) is 0. The highest BCUT2D eigenvalue weighted by Gasteiger charge is 2.25. The summed E-state index contributed by atoms with van der Waals surface area (Å²) in [6, 6.07) is 47.4. The van der Waals surface area contributed by atoms with Gasteiger partial charge >= 0.3 is 0 Å². The van der Waals surface area contributed by atoms with Crippen molar-refractivity contribution in [2.45, 2.75) is 0 Å². The van der Waals surface area contributed by atoms with Gasteiger partial charge in [0.05, 0.1) is 33.1 Å². The zero-order valence-corrected chi connectivity index (χ0v) is 24.5. The Balaban J connectivity index is 1.38. The number of benzene rings is 6. The summed E-state index contributed by atoms with van der Waals surface area (Å²) in [6.07, 6.45) is 1.81. The molecule has 0 radical (unpaired) electrons. The average molecular weight is 586 g/mol. The van der Waals surface area contributed by atoms with Crippen LogP contribution in [-0.4, -0.2) is 23.9 Å². The van der Waals surface area contributed by atoms with Gasteiger partial charge in [0.25, 0.3) is 0 Å². The highest BCUT2D eigenvalue weighted by atomic mass is 15.2. The van der Waals surface area contributed by atoms with E-state index in [1.165, 1.54) is 59.6 Å². The molecule has 5 nitrogen and oxygen atoms in total. The van der Waals surface area contributed by atoms with Crippen LogP contribution in [0.15, 0.2) is 140 Å². The number of rotatable bonds is 2. The molecule has 0 aliphatic rings. The lowest BCUT2D eigenvalue weighted by molar-refractivity contribution is 1.01. The molecular formula is C41H23N5. The third kappa shape index (κ3) is 3.01. The number of hydrogen-bond acceptors (Lipinski definition) is 3. The molecule has 0 atom stereocenters. The zero-order valence-electron chi connectivity index (χ0n) is 24.5. The van der Waals surface area contributed by atoms with E-state index in [9.17, 15) is 0 Å². The molecule has 0 unspecified atom stereocenters. The Bertz CT molecular complexity index is 3020. The summed E-state index contributed by atoms with van der Waals surface area (Å²) in [5.74, 6) is 0.637. The van der Waals surface area contributed by atoms with Crippen molar-refractivity contribution in [2.24, 2.45) is 0 Å². The van der Waals surface area contributed by atoms with Crippen LogP contribution in [0.25, 0.3) is 98.9 Å². The van der Waals surface area contributed by atoms with E-state index in [0.717, 1.165) is 33.3 Å². The Labute approximate surface area is 261 Å². The second-order valence-corrected chi connectivity index (χ2v) is 12.1. The van der Waals surface area contributed by atoms with Crippen molar-refractivity contribution < 1.29 is 0 Å². The first-order valence-corrected chi connectivity index (χ1v) is 15.5. The van der Waals surface area contributed by atoms with Crippen LogP contribution < -0.4 is 0 Å². The van der Waals surface area contributed by atoms with Gasteiger partial charge in [-0.15, -0.1) is 0 Å². The first kappa shape index (κ1) is 24.0. The van der Waals surface area contributed by atoms with E-state index >= 15 is 0 Å². The molecule has 0 N–H and O–H groups in total. The van der Waals surface area contributed by atoms with Gasteiger partial charge in [-0.1, -0.05) is 91.0 Å². The topological polar surface area (TPSA) is 48.0 Å². The molecule has 0 aliphatic carbocycles. The predicted molar refractivity (Wildman–Crippen MR) is 189 cm³/mol. The summed E-state index contributed by atoms with van der Waals surface area (Å²) < 4.78 is 4.73. The van der Waals surface area contributed by atoms with E-state index in [2.05, 4.69) is 112 Å². The molecule has 11 aromatic rings. The van der Waals surface area contributed by atoms with Crippen molar-refractivity contribution >= 4 is 81.7 Å². The molecule has 0 saturated heterocycles. The van der Waals surface area contributed by atoms with Crippen molar-refractivity contribution in [3.8, 4) is 17.2 Å². The zero-order chi connectivity index (χ0) is 29.9. The predicted octanol–water partition coefficient (Wildman–Crippen LogP) is 10.1. The number of fused-ring (bicyclic) bond motifs is 12. The molecule has 0 bridgehead atoms. The maximum atomic E-state index is 5.28. The SMILES string of the molecule is c1ccc(-c2nc(-n3c4ccccc4c4c5c6cc7ccccc7cc6n6c7ccccc7c(cc43)c56)nc3cccnc23)cc1. The fraction of sp³-hybridized carbons (Fsp3) is 0. The maximum absolute atomic E-state index is 5.28. The number of nitrogens with zero attached hydrogens (tertiary/aromatic N) is 5. The van der Waals surface area contributed by atoms with Crippen molar-refractivity contribution in [3.63, 3.8) is 0 Å². The highest BCUT2D eigenvalue weighted by Crippen LogP contribution is 2.47. The van der Waals surface area contributed by atoms with Crippen LogP contribution in [0.1, 0.15) is 0 Å². The Kier molecular flexibility index (Phi) is 4.52. The Morgan fingerprint density at radius 1 is 0.478 bits per heavy atom. The lowest BCUT2D eigenvalue weighted by Gasteiger charge is -2.11. The largest absolute Gasteiger partial charge is 0.308 e. The monoisotopic (exact) mass is 585 g/mol. The Morgan fingerprint density at radius 3 is 2.09 bits per heavy atom. The smallest absolute Gasteiger partial charge is 0.235 e. The fourth-order valence-electron chi connectivity index (χ4n) is 7.77. The molecule has 6 aromatic carbocycles. The number of hydrogen-bond donors (Lipinski definition) is 0. The number of aromatic nitrogens is 5. The average Bonchev–Trinajstić information content (AvgIpc) is 3.74. The van der Waals surface area contributed by atoms with Crippen LogP contribution in [0.3, 0.4) is 0 Å². The van der Waals surface area contributed by atoms with Crippen LogP contribution in [0, 0.1) is 0 Å². The van der Waals surface area contributed by atoms with Gasteiger partial charge in [0.2, 0.25) is 5.95 Å². The summed E-state index contributed by atoms with van der Waals surface area (Å²) in [6.45, 7) is 0. The molecule has 212 valence electrons. The van der Waals surface area contributed by atoms with Gasteiger partial charge in [0.1, 0.15) is 11.2 Å². The van der Waals surface area contributed by atoms with Gasteiger partial charge in [-0.3, -0.25) is 9.55 Å². The number of para-hydroxylation sites is 2. The van der Waals surface area contributed by atoms with Crippen LogP contribution in [0.5, 0.6) is 0 Å². The Morgan fingerprint density at radius 2 is 1.22 bits per heavy atom. The van der Waals surface area contributed by atoms with Gasteiger partial charge in [0.15, 0.2) is 0 Å². The molecule has 0 aliphatic heterocycles. The molecule has 0 saturated carbocycles. The second kappa shape index (κ2) is 8.65. The van der Waals surface area contributed by atoms with Gasteiger partial charge in [-0.2, -0.15) is 0 Å². The quantitative estimate of drug-likeness (QED) is 0.203. The normalized spacial score (nSPS) is 12.3. The maximum Gasteiger partial charge on any atom is 0.235 e. The van der Waals surface area contributed by atoms with Crippen molar-refractivity contribution in [1.82, 2.24) is 23.9 Å². The number of pyridine rings is 1. The molecule has 5 heterocycles. The third-order valence-electron chi connectivity index (χ3n) is 9.66. The van der Waals surface area contributed by atoms with Crippen molar-refractivity contribution in [2.75, 3.05) is 0 Å². The van der Waals surface area contributed by atoms with Gasteiger partial charge in [-0.25, -0.2) is 9.97 Å². The first-order chi connectivity index (χ1) is 22.8. The molecular weight excluding hydrogens is 562 g/mol. The summed E-state index contributed by atoms with van der Waals surface area (Å²) >= 11 is 0. The standard InChI is InChI=1S/C41H23N5/c1-2-11-24(12-3-1)38-39-31(17-10-20-42-39)43-41(44-38)46-33-19-9-7-16-28(33)36-35(46)23-29-27-15-6-8-18-32(27)45-34-22-26-14-5-4-13-25(26)21-30(34)37(36)40(29)45/h1-23H. The van der Waals surface area contributed by atoms with Crippen LogP contribution in [-0.2, 0) is 0 Å². The third-order valence-corrected chi connectivity index (χ3v) is 9.66. The molecule has 11 rings (SSSR count). The minimum absolute atomic E-state index is 0.637. The second-order valence-electron chi connectivity index (χ2n) is 12.1. The van der Waals surface area contributed by atoms with Gasteiger partial charge in [-0.05, 0) is 53.2 Å². The van der Waals surface area contributed by atoms with Gasteiger partial charge < -0.3 is 4.40 Å². The molecule has 5 aromatic heterocycles. The molecule has 0 spiro atoms. The lowest BCUT2D eigenvalue weighted by atomic mass is 10.0. The van der Waals surface area contributed by atoms with E-state index in [-0.39, 0.29) is 0 Å².